The molecule has 3 N–H and O–H groups in total. The van der Waals surface area contributed by atoms with Crippen LogP contribution in [0.3, 0.4) is 0 Å². The van der Waals surface area contributed by atoms with Crippen LogP contribution in [0.5, 0.6) is 5.75 Å². The molecular weight excluding hydrogens is 242 g/mol. The summed E-state index contributed by atoms with van der Waals surface area (Å²) in [5.41, 5.74) is -0.718. The van der Waals surface area contributed by atoms with Gasteiger partial charge in [0.05, 0.1) is 11.5 Å². The molecule has 0 bridgehead atoms. The van der Waals surface area contributed by atoms with Gasteiger partial charge in [-0.1, -0.05) is 6.07 Å². The summed E-state index contributed by atoms with van der Waals surface area (Å²) in [5, 5.41) is 24.6. The van der Waals surface area contributed by atoms with Gasteiger partial charge in [-0.15, -0.1) is 0 Å². The topological polar surface area (TPSA) is 122 Å². The Morgan fingerprint density at radius 3 is 2.67 bits per heavy atom. The predicted octanol–water partition coefficient (Wildman–Crippen LogP) is 0.375. The summed E-state index contributed by atoms with van der Waals surface area (Å²) >= 11 is 0. The van der Waals surface area contributed by atoms with E-state index in [-0.39, 0.29) is 12.2 Å². The number of para-hydroxylation sites is 1. The maximum Gasteiger partial charge on any atom is 0.296 e. The van der Waals surface area contributed by atoms with E-state index in [0.717, 1.165) is 6.07 Å². The zero-order chi connectivity index (χ0) is 13.7. The number of carbonyl (C=O) groups is 2. The van der Waals surface area contributed by atoms with Crippen LogP contribution in [0, 0.1) is 10.1 Å². The minimum absolute atomic E-state index is 0.294. The highest BCUT2D eigenvalue weighted by molar-refractivity contribution is 5.97. The largest absolute Gasteiger partial charge is 0.505 e. The lowest BCUT2D eigenvalue weighted by Gasteiger charge is -2.07. The lowest BCUT2D eigenvalue weighted by atomic mass is 10.2. The number of benzene rings is 1. The number of rotatable bonds is 4. The number of nitrogens with zero attached hydrogens (tertiary/aromatic N) is 1. The number of carbonyl (C=O) groups excluding carboxylic acids is 2. The van der Waals surface area contributed by atoms with Gasteiger partial charge in [-0.3, -0.25) is 19.7 Å². The molecule has 0 aromatic heterocycles. The molecule has 0 fully saturated rings. The molecule has 0 saturated carbocycles. The third-order valence-corrected chi connectivity index (χ3v) is 1.98. The van der Waals surface area contributed by atoms with Crippen LogP contribution in [-0.2, 0) is 9.59 Å². The Kier molecular flexibility index (Phi) is 4.19. The lowest BCUT2D eigenvalue weighted by Crippen LogP contribution is -2.31. The van der Waals surface area contributed by atoms with E-state index < -0.39 is 28.2 Å². The smallest absolute Gasteiger partial charge is 0.296 e. The van der Waals surface area contributed by atoms with Crippen molar-refractivity contribution in [1.82, 2.24) is 5.32 Å². The number of aromatic hydroxyl groups is 1. The first-order chi connectivity index (χ1) is 8.41. The van der Waals surface area contributed by atoms with E-state index in [9.17, 15) is 24.8 Å². The van der Waals surface area contributed by atoms with Crippen molar-refractivity contribution in [3.63, 3.8) is 0 Å². The van der Waals surface area contributed by atoms with Crippen LogP contribution in [0.15, 0.2) is 18.2 Å². The molecule has 8 heteroatoms. The van der Waals surface area contributed by atoms with Gasteiger partial charge in [0, 0.05) is 13.0 Å². The Morgan fingerprint density at radius 2 is 2.11 bits per heavy atom. The first kappa shape index (κ1) is 13.4. The minimum atomic E-state index is -0.728. The number of phenolic OH excluding ortho intramolecular Hbond substituents is 1. The van der Waals surface area contributed by atoms with Gasteiger partial charge in [0.25, 0.3) is 5.69 Å². The second-order valence-electron chi connectivity index (χ2n) is 3.39. The molecule has 8 nitrogen and oxygen atoms in total. The molecule has 1 rings (SSSR count). The molecule has 0 heterocycles. The van der Waals surface area contributed by atoms with E-state index in [1.807, 2.05) is 0 Å². The second-order valence-corrected chi connectivity index (χ2v) is 3.39. The fourth-order valence-corrected chi connectivity index (χ4v) is 1.20. The zero-order valence-corrected chi connectivity index (χ0v) is 9.47. The normalized spacial score (nSPS) is 9.61. The zero-order valence-electron chi connectivity index (χ0n) is 9.47. The van der Waals surface area contributed by atoms with Gasteiger partial charge in [0.2, 0.25) is 11.8 Å². The van der Waals surface area contributed by atoms with Crippen molar-refractivity contribution in [2.75, 3.05) is 11.9 Å². The quantitative estimate of drug-likeness (QED) is 0.406. The Labute approximate surface area is 102 Å². The summed E-state index contributed by atoms with van der Waals surface area (Å²) in [7, 11) is 0. The molecule has 2 amide bonds. The van der Waals surface area contributed by atoms with Crippen LogP contribution in [0.25, 0.3) is 0 Å². The summed E-state index contributed by atoms with van der Waals surface area (Å²) in [6.07, 6.45) is 0. The predicted molar refractivity (Wildman–Crippen MR) is 62.1 cm³/mol. The Bertz CT molecular complexity index is 500. The van der Waals surface area contributed by atoms with E-state index in [4.69, 9.17) is 0 Å². The van der Waals surface area contributed by atoms with Crippen LogP contribution < -0.4 is 10.6 Å². The van der Waals surface area contributed by atoms with E-state index in [0.29, 0.717) is 0 Å². The molecule has 1 aromatic rings. The van der Waals surface area contributed by atoms with E-state index in [1.54, 1.807) is 0 Å². The highest BCUT2D eigenvalue weighted by Crippen LogP contribution is 2.32. The number of nitro benzene ring substituents is 1. The van der Waals surface area contributed by atoms with Gasteiger partial charge in [0.1, 0.15) is 5.75 Å². The highest BCUT2D eigenvalue weighted by atomic mass is 16.6. The Hall–Kier alpha value is -2.64. The average Bonchev–Trinajstić information content (AvgIpc) is 2.28. The number of hydrogen-bond donors (Lipinski definition) is 3. The van der Waals surface area contributed by atoms with Crippen LogP contribution in [-0.4, -0.2) is 28.4 Å². The van der Waals surface area contributed by atoms with Crippen LogP contribution in [0.4, 0.5) is 11.4 Å². The Balaban J connectivity index is 2.86. The van der Waals surface area contributed by atoms with Gasteiger partial charge < -0.3 is 15.7 Å². The van der Waals surface area contributed by atoms with E-state index in [1.165, 1.54) is 19.1 Å². The van der Waals surface area contributed by atoms with Crippen LogP contribution in [0.2, 0.25) is 0 Å². The molecule has 0 aliphatic carbocycles. The van der Waals surface area contributed by atoms with Crippen molar-refractivity contribution >= 4 is 23.2 Å². The lowest BCUT2D eigenvalue weighted by molar-refractivity contribution is -0.384. The van der Waals surface area contributed by atoms with Crippen molar-refractivity contribution in [1.29, 1.82) is 0 Å². The summed E-state index contributed by atoms with van der Waals surface area (Å²) in [4.78, 5) is 31.9. The molecule has 0 aliphatic heterocycles. The van der Waals surface area contributed by atoms with Gasteiger partial charge in [-0.05, 0) is 6.07 Å². The third kappa shape index (κ3) is 3.44. The van der Waals surface area contributed by atoms with Gasteiger partial charge in [-0.25, -0.2) is 0 Å². The van der Waals surface area contributed by atoms with Crippen molar-refractivity contribution in [2.45, 2.75) is 6.92 Å². The fourth-order valence-electron chi connectivity index (χ4n) is 1.20. The van der Waals surface area contributed by atoms with Crippen molar-refractivity contribution in [3.8, 4) is 5.75 Å². The summed E-state index contributed by atoms with van der Waals surface area (Å²) in [6.45, 7) is 0.899. The van der Waals surface area contributed by atoms with Crippen LogP contribution >= 0.6 is 0 Å². The maximum atomic E-state index is 11.4. The fraction of sp³-hybridized carbons (Fsp3) is 0.200. The summed E-state index contributed by atoms with van der Waals surface area (Å²) in [5.74, 6) is -1.49. The Morgan fingerprint density at radius 1 is 1.44 bits per heavy atom. The second kappa shape index (κ2) is 5.62. The van der Waals surface area contributed by atoms with Gasteiger partial charge >= 0.3 is 0 Å². The number of amides is 2. The third-order valence-electron chi connectivity index (χ3n) is 1.98. The van der Waals surface area contributed by atoms with Crippen molar-refractivity contribution in [2.24, 2.45) is 0 Å². The summed E-state index contributed by atoms with van der Waals surface area (Å²) in [6, 6.07) is 3.64. The highest BCUT2D eigenvalue weighted by Gasteiger charge is 2.19. The maximum absolute atomic E-state index is 11.4. The number of nitrogens with one attached hydrogen (secondary N) is 2. The van der Waals surface area contributed by atoms with E-state index in [2.05, 4.69) is 10.6 Å². The molecule has 0 saturated heterocycles. The average molecular weight is 253 g/mol. The number of nitro groups is 1. The molecule has 1 aromatic carbocycles. The van der Waals surface area contributed by atoms with Crippen molar-refractivity contribution in [3.05, 3.63) is 28.3 Å². The molecule has 18 heavy (non-hydrogen) atoms. The number of phenols is 1. The standard InChI is InChI=1S/C10H11N3O5/c1-6(14)11-5-9(16)12-10-7(13(17)18)3-2-4-8(10)15/h2-4,15H,5H2,1H3,(H,11,14)(H,12,16). The first-order valence-corrected chi connectivity index (χ1v) is 4.92. The van der Waals surface area contributed by atoms with Crippen LogP contribution in [0.1, 0.15) is 6.92 Å². The number of hydrogen-bond acceptors (Lipinski definition) is 5. The van der Waals surface area contributed by atoms with Crippen molar-refractivity contribution < 1.29 is 19.6 Å². The van der Waals surface area contributed by atoms with E-state index >= 15 is 0 Å². The molecule has 0 atom stereocenters. The minimum Gasteiger partial charge on any atom is -0.505 e. The van der Waals surface area contributed by atoms with Gasteiger partial charge in [0.15, 0.2) is 5.69 Å². The first-order valence-electron chi connectivity index (χ1n) is 4.92. The monoisotopic (exact) mass is 253 g/mol. The molecule has 0 radical (unpaired) electrons. The molecule has 0 spiro atoms. The molecule has 0 aliphatic rings. The molecular formula is C10H11N3O5. The van der Waals surface area contributed by atoms with Gasteiger partial charge in [-0.2, -0.15) is 0 Å². The SMILES string of the molecule is CC(=O)NCC(=O)Nc1c(O)cccc1[N+](=O)[O-]. The summed E-state index contributed by atoms with van der Waals surface area (Å²) < 4.78 is 0. The number of anilines is 1. The molecule has 96 valence electrons. The molecule has 0 unspecified atom stereocenters.